The molecular weight excluding hydrogens is 318 g/mol. The van der Waals surface area contributed by atoms with Gasteiger partial charge in [0.05, 0.1) is 24.2 Å². The average molecular weight is 339 g/mol. The molecule has 25 heavy (non-hydrogen) atoms. The summed E-state index contributed by atoms with van der Waals surface area (Å²) in [5.41, 5.74) is 1.84. The van der Waals surface area contributed by atoms with Gasteiger partial charge in [0.2, 0.25) is 0 Å². The topological polar surface area (TPSA) is 76.2 Å². The van der Waals surface area contributed by atoms with E-state index in [0.29, 0.717) is 11.5 Å². The van der Waals surface area contributed by atoms with Crippen LogP contribution in [0.25, 0.3) is 11.0 Å². The highest BCUT2D eigenvalue weighted by molar-refractivity contribution is 5.78. The first kappa shape index (κ1) is 16.8. The summed E-state index contributed by atoms with van der Waals surface area (Å²) in [4.78, 5) is 20.1. The van der Waals surface area contributed by atoms with E-state index in [2.05, 4.69) is 15.3 Å². The predicted octanol–water partition coefficient (Wildman–Crippen LogP) is 3.22. The maximum Gasteiger partial charge on any atom is 0.258 e. The van der Waals surface area contributed by atoms with Gasteiger partial charge in [0.1, 0.15) is 5.82 Å². The van der Waals surface area contributed by atoms with Gasteiger partial charge in [-0.15, -0.1) is 0 Å². The number of nitrogens with one attached hydrogen (secondary N) is 2. The fraction of sp³-hybridized carbons (Fsp3) is 0.263. The number of aromatic amines is 1. The molecule has 0 aliphatic carbocycles. The van der Waals surface area contributed by atoms with E-state index < -0.39 is 0 Å². The van der Waals surface area contributed by atoms with Crippen molar-refractivity contribution in [2.45, 2.75) is 19.4 Å². The Hall–Kier alpha value is -3.02. The number of imidazole rings is 1. The minimum atomic E-state index is -0.210. The highest BCUT2D eigenvalue weighted by Gasteiger charge is 2.17. The van der Waals surface area contributed by atoms with Crippen molar-refractivity contribution in [3.8, 4) is 11.5 Å². The largest absolute Gasteiger partial charge is 0.493 e. The van der Waals surface area contributed by atoms with Crippen molar-refractivity contribution in [3.63, 3.8) is 0 Å². The first-order chi connectivity index (χ1) is 12.2. The number of nitrogens with zero attached hydrogens (tertiary/aromatic N) is 1. The summed E-state index contributed by atoms with van der Waals surface area (Å²) in [6, 6.07) is 14.8. The van der Waals surface area contributed by atoms with Crippen LogP contribution in [0.2, 0.25) is 0 Å². The van der Waals surface area contributed by atoms with Crippen molar-refractivity contribution >= 4 is 16.9 Å². The van der Waals surface area contributed by atoms with Crippen molar-refractivity contribution in [1.29, 1.82) is 0 Å². The molecule has 6 nitrogen and oxygen atoms in total. The molecule has 0 aliphatic heterocycles. The van der Waals surface area contributed by atoms with E-state index in [9.17, 15) is 4.79 Å². The van der Waals surface area contributed by atoms with Crippen LogP contribution >= 0.6 is 0 Å². The quantitative estimate of drug-likeness (QED) is 0.693. The number of hydrogen-bond donors (Lipinski definition) is 2. The van der Waals surface area contributed by atoms with Gasteiger partial charge in [-0.2, -0.15) is 0 Å². The summed E-state index contributed by atoms with van der Waals surface area (Å²) in [6.45, 7) is 1.91. The fourth-order valence-corrected chi connectivity index (χ4v) is 2.62. The van der Waals surface area contributed by atoms with E-state index in [1.54, 1.807) is 19.2 Å². The van der Waals surface area contributed by atoms with E-state index in [1.165, 1.54) is 0 Å². The first-order valence-corrected chi connectivity index (χ1v) is 8.21. The van der Waals surface area contributed by atoms with Crippen LogP contribution < -0.4 is 14.8 Å². The number of amides is 1. The Bertz CT molecular complexity index is 827. The molecule has 0 spiro atoms. The molecule has 1 amide bonds. The average Bonchev–Trinajstić information content (AvgIpc) is 3.08. The lowest BCUT2D eigenvalue weighted by Crippen LogP contribution is -2.33. The zero-order chi connectivity index (χ0) is 17.6. The summed E-state index contributed by atoms with van der Waals surface area (Å²) < 4.78 is 10.8. The van der Waals surface area contributed by atoms with Gasteiger partial charge < -0.3 is 19.8 Å². The van der Waals surface area contributed by atoms with E-state index in [0.717, 1.165) is 23.3 Å². The smallest absolute Gasteiger partial charge is 0.258 e. The zero-order valence-corrected chi connectivity index (χ0v) is 14.3. The van der Waals surface area contributed by atoms with Crippen LogP contribution in [0.5, 0.6) is 11.5 Å². The lowest BCUT2D eigenvalue weighted by Gasteiger charge is -2.15. The maximum atomic E-state index is 12.3. The monoisotopic (exact) mass is 339 g/mol. The molecule has 1 heterocycles. The lowest BCUT2D eigenvalue weighted by molar-refractivity contribution is -0.124. The van der Waals surface area contributed by atoms with Gasteiger partial charge in [0.15, 0.2) is 18.1 Å². The molecule has 0 saturated carbocycles. The number of fused-ring (bicyclic) bond motifs is 1. The summed E-state index contributed by atoms with van der Waals surface area (Å²) >= 11 is 0. The summed E-state index contributed by atoms with van der Waals surface area (Å²) in [5.74, 6) is 1.67. The molecule has 2 aromatic carbocycles. The van der Waals surface area contributed by atoms with Crippen LogP contribution in [0.1, 0.15) is 25.2 Å². The van der Waals surface area contributed by atoms with Crippen molar-refractivity contribution in [2.24, 2.45) is 0 Å². The molecule has 3 rings (SSSR count). The van der Waals surface area contributed by atoms with Crippen LogP contribution in [0.3, 0.4) is 0 Å². The number of methoxy groups -OCH3 is 1. The van der Waals surface area contributed by atoms with Gasteiger partial charge in [-0.3, -0.25) is 4.79 Å². The molecule has 0 unspecified atom stereocenters. The number of hydrogen-bond acceptors (Lipinski definition) is 4. The molecule has 0 bridgehead atoms. The minimum absolute atomic E-state index is 0.0862. The van der Waals surface area contributed by atoms with Gasteiger partial charge in [-0.1, -0.05) is 31.2 Å². The first-order valence-electron chi connectivity index (χ1n) is 8.21. The lowest BCUT2D eigenvalue weighted by atomic mass is 10.2. The molecule has 1 aromatic heterocycles. The Balaban J connectivity index is 1.64. The predicted molar refractivity (Wildman–Crippen MR) is 95.8 cm³/mol. The van der Waals surface area contributed by atoms with Crippen LogP contribution in [0, 0.1) is 0 Å². The second kappa shape index (κ2) is 7.70. The van der Waals surface area contributed by atoms with Crippen LogP contribution in [0.15, 0.2) is 48.5 Å². The normalized spacial score (nSPS) is 11.9. The third-order valence-electron chi connectivity index (χ3n) is 3.91. The number of carbonyl (C=O) groups excluding carboxylic acids is 1. The van der Waals surface area contributed by atoms with Crippen molar-refractivity contribution in [1.82, 2.24) is 15.3 Å². The third-order valence-corrected chi connectivity index (χ3v) is 3.91. The van der Waals surface area contributed by atoms with Gasteiger partial charge >= 0.3 is 0 Å². The van der Waals surface area contributed by atoms with Gasteiger partial charge in [0, 0.05) is 0 Å². The van der Waals surface area contributed by atoms with Gasteiger partial charge in [-0.25, -0.2) is 4.98 Å². The molecule has 0 radical (unpaired) electrons. The Labute approximate surface area is 146 Å². The molecular formula is C19H21N3O3. The van der Waals surface area contributed by atoms with Crippen LogP contribution in [-0.2, 0) is 4.79 Å². The SMILES string of the molecule is CC[C@H](NC(=O)COc1ccccc1OC)c1nc2ccccc2[nH]1. The van der Waals surface area contributed by atoms with E-state index in [1.807, 2.05) is 43.3 Å². The number of H-pyrrole nitrogens is 1. The molecule has 0 fully saturated rings. The molecule has 3 aromatic rings. The summed E-state index contributed by atoms with van der Waals surface area (Å²) in [5, 5.41) is 2.95. The van der Waals surface area contributed by atoms with Gasteiger partial charge in [-0.05, 0) is 30.7 Å². The third kappa shape index (κ3) is 3.91. The van der Waals surface area contributed by atoms with Gasteiger partial charge in [0.25, 0.3) is 5.91 Å². The Morgan fingerprint density at radius 1 is 1.16 bits per heavy atom. The van der Waals surface area contributed by atoms with Crippen LogP contribution in [-0.4, -0.2) is 29.6 Å². The Morgan fingerprint density at radius 2 is 1.88 bits per heavy atom. The minimum Gasteiger partial charge on any atom is -0.493 e. The van der Waals surface area contributed by atoms with Crippen molar-refractivity contribution in [3.05, 3.63) is 54.4 Å². The molecule has 1 atom stereocenters. The summed E-state index contributed by atoms with van der Waals surface area (Å²) in [6.07, 6.45) is 0.722. The molecule has 6 heteroatoms. The van der Waals surface area contributed by atoms with E-state index in [-0.39, 0.29) is 18.6 Å². The molecule has 2 N–H and O–H groups in total. The highest BCUT2D eigenvalue weighted by Crippen LogP contribution is 2.25. The van der Waals surface area contributed by atoms with Crippen LogP contribution in [0.4, 0.5) is 0 Å². The standard InChI is InChI=1S/C19H21N3O3/c1-3-13(19-21-14-8-4-5-9-15(14)22-19)20-18(23)12-25-17-11-7-6-10-16(17)24-2/h4-11,13H,3,12H2,1-2H3,(H,20,23)(H,21,22)/t13-/m0/s1. The Kier molecular flexibility index (Phi) is 5.18. The second-order valence-corrected chi connectivity index (χ2v) is 5.61. The zero-order valence-electron chi connectivity index (χ0n) is 14.3. The number of carbonyl (C=O) groups is 1. The molecule has 130 valence electrons. The maximum absolute atomic E-state index is 12.3. The van der Waals surface area contributed by atoms with Crippen molar-refractivity contribution in [2.75, 3.05) is 13.7 Å². The van der Waals surface area contributed by atoms with E-state index >= 15 is 0 Å². The molecule has 0 saturated heterocycles. The summed E-state index contributed by atoms with van der Waals surface area (Å²) in [7, 11) is 1.57. The number of benzene rings is 2. The molecule has 0 aliphatic rings. The number of aromatic nitrogens is 2. The van der Waals surface area contributed by atoms with Crippen molar-refractivity contribution < 1.29 is 14.3 Å². The number of para-hydroxylation sites is 4. The fourth-order valence-electron chi connectivity index (χ4n) is 2.62. The number of ether oxygens (including phenoxy) is 2. The second-order valence-electron chi connectivity index (χ2n) is 5.61. The Morgan fingerprint density at radius 3 is 2.60 bits per heavy atom. The van der Waals surface area contributed by atoms with E-state index in [4.69, 9.17) is 9.47 Å². The highest BCUT2D eigenvalue weighted by atomic mass is 16.5. The number of rotatable bonds is 7.